The average Bonchev–Trinajstić information content (AvgIpc) is 3.18. The number of benzene rings is 1. The zero-order valence-electron chi connectivity index (χ0n) is 14.8. The fraction of sp³-hybridized carbons (Fsp3) is 0.333. The van der Waals surface area contributed by atoms with Crippen LogP contribution in [0.2, 0.25) is 0 Å². The average molecular weight is 406 g/mol. The first-order valence-corrected chi connectivity index (χ1v) is 10.6. The quantitative estimate of drug-likeness (QED) is 0.564. The van der Waals surface area contributed by atoms with Crippen molar-refractivity contribution in [3.05, 3.63) is 62.5 Å². The Kier molecular flexibility index (Phi) is 6.12. The van der Waals surface area contributed by atoms with Crippen LogP contribution in [0.5, 0.6) is 0 Å². The number of piperazine rings is 1. The highest BCUT2D eigenvalue weighted by Gasteiger charge is 2.27. The number of thiophene rings is 1. The van der Waals surface area contributed by atoms with E-state index < -0.39 is 4.92 Å². The molecule has 0 saturated carbocycles. The van der Waals surface area contributed by atoms with Crippen LogP contribution < -0.4 is 0 Å². The Bertz CT molecular complexity index is 843. The van der Waals surface area contributed by atoms with Crippen molar-refractivity contribution >= 4 is 39.9 Å². The van der Waals surface area contributed by atoms with Crippen molar-refractivity contribution in [2.75, 3.05) is 32.4 Å². The third-order valence-corrected chi connectivity index (χ3v) is 6.00. The number of hydrogen-bond donors (Lipinski definition) is 0. The summed E-state index contributed by atoms with van der Waals surface area (Å²) in [7, 11) is 0. The Labute approximate surface area is 165 Å². The molecule has 0 N–H and O–H groups in total. The van der Waals surface area contributed by atoms with Crippen molar-refractivity contribution in [2.45, 2.75) is 5.75 Å². The maximum atomic E-state index is 12.6. The Hall–Kier alpha value is -2.39. The molecule has 0 radical (unpaired) electrons. The van der Waals surface area contributed by atoms with Gasteiger partial charge >= 0.3 is 5.00 Å². The molecule has 0 bridgehead atoms. The van der Waals surface area contributed by atoms with Gasteiger partial charge in [-0.1, -0.05) is 23.5 Å². The third-order valence-electron chi connectivity index (χ3n) is 4.35. The lowest BCUT2D eigenvalue weighted by molar-refractivity contribution is -0.380. The fourth-order valence-electron chi connectivity index (χ4n) is 2.90. The minimum absolute atomic E-state index is 0.0374. The van der Waals surface area contributed by atoms with Crippen molar-refractivity contribution in [1.82, 2.24) is 9.80 Å². The van der Waals surface area contributed by atoms with Gasteiger partial charge in [-0.2, -0.15) is 11.8 Å². The molecule has 0 unspecified atom stereocenters. The van der Waals surface area contributed by atoms with Crippen LogP contribution in [0.15, 0.2) is 36.4 Å². The van der Waals surface area contributed by atoms with Crippen molar-refractivity contribution in [1.29, 1.82) is 0 Å². The van der Waals surface area contributed by atoms with E-state index in [0.29, 0.717) is 36.6 Å². The molecule has 2 amide bonds. The number of carbonyl (C=O) groups is 2. The van der Waals surface area contributed by atoms with Crippen molar-refractivity contribution in [2.24, 2.45) is 0 Å². The number of rotatable bonds is 5. The van der Waals surface area contributed by atoms with Crippen LogP contribution in [-0.4, -0.2) is 59.0 Å². The number of nitrogens with zero attached hydrogens (tertiary/aromatic N) is 3. The van der Waals surface area contributed by atoms with E-state index >= 15 is 0 Å². The molecule has 0 spiro atoms. The van der Waals surface area contributed by atoms with E-state index in [4.69, 9.17) is 0 Å². The second kappa shape index (κ2) is 8.53. The van der Waals surface area contributed by atoms with Crippen LogP contribution in [0, 0.1) is 10.1 Å². The Morgan fingerprint density at radius 3 is 2.15 bits per heavy atom. The summed E-state index contributed by atoms with van der Waals surface area (Å²) < 4.78 is 0. The zero-order valence-corrected chi connectivity index (χ0v) is 16.4. The van der Waals surface area contributed by atoms with Gasteiger partial charge in [-0.15, -0.1) is 0 Å². The molecule has 142 valence electrons. The molecule has 0 atom stereocenters. The number of amides is 2. The smallest absolute Gasteiger partial charge is 0.324 e. The second-order valence-corrected chi connectivity index (χ2v) is 8.04. The summed E-state index contributed by atoms with van der Waals surface area (Å²) in [6.45, 7) is 1.73. The van der Waals surface area contributed by atoms with E-state index in [1.54, 1.807) is 21.6 Å². The van der Waals surface area contributed by atoms with Crippen LogP contribution in [0.25, 0.3) is 0 Å². The van der Waals surface area contributed by atoms with Gasteiger partial charge in [0.1, 0.15) is 0 Å². The van der Waals surface area contributed by atoms with Gasteiger partial charge in [-0.05, 0) is 30.0 Å². The fourth-order valence-corrected chi connectivity index (χ4v) is 4.22. The standard InChI is InChI=1S/C18H19N3O4S2/c1-26-12-13-2-4-14(5-3-13)17(22)19-8-10-20(11-9-19)18(23)15-6-7-16(27-15)21(24)25/h2-7H,8-12H2,1H3. The summed E-state index contributed by atoms with van der Waals surface area (Å²) in [5.74, 6) is 0.655. The summed E-state index contributed by atoms with van der Waals surface area (Å²) >= 11 is 2.61. The van der Waals surface area contributed by atoms with Crippen molar-refractivity contribution in [3.63, 3.8) is 0 Å². The van der Waals surface area contributed by atoms with E-state index in [9.17, 15) is 19.7 Å². The zero-order chi connectivity index (χ0) is 19.4. The molecule has 1 fully saturated rings. The molecule has 1 saturated heterocycles. The molecule has 3 rings (SSSR count). The maximum Gasteiger partial charge on any atom is 0.324 e. The van der Waals surface area contributed by atoms with Crippen LogP contribution in [0.1, 0.15) is 25.6 Å². The van der Waals surface area contributed by atoms with E-state index in [1.165, 1.54) is 17.7 Å². The van der Waals surface area contributed by atoms with Gasteiger partial charge in [0.15, 0.2) is 0 Å². The Balaban J connectivity index is 1.58. The predicted molar refractivity (Wildman–Crippen MR) is 106 cm³/mol. The molecule has 1 aromatic carbocycles. The van der Waals surface area contributed by atoms with Gasteiger partial charge in [0.25, 0.3) is 11.8 Å². The molecule has 1 aromatic heterocycles. The highest BCUT2D eigenvalue weighted by molar-refractivity contribution is 7.97. The number of hydrogen-bond acceptors (Lipinski definition) is 6. The summed E-state index contributed by atoms with van der Waals surface area (Å²) in [6.07, 6.45) is 2.04. The normalized spacial score (nSPS) is 14.3. The van der Waals surface area contributed by atoms with Crippen LogP contribution in [0.4, 0.5) is 5.00 Å². The minimum Gasteiger partial charge on any atom is -0.335 e. The molecular weight excluding hydrogens is 386 g/mol. The minimum atomic E-state index is -0.497. The van der Waals surface area contributed by atoms with Crippen LogP contribution in [0.3, 0.4) is 0 Å². The lowest BCUT2D eigenvalue weighted by Gasteiger charge is -2.34. The molecule has 2 heterocycles. The van der Waals surface area contributed by atoms with Crippen molar-refractivity contribution < 1.29 is 14.5 Å². The lowest BCUT2D eigenvalue weighted by atomic mass is 10.1. The Morgan fingerprint density at radius 2 is 1.63 bits per heavy atom. The molecule has 1 aliphatic heterocycles. The predicted octanol–water partition coefficient (Wildman–Crippen LogP) is 3.12. The van der Waals surface area contributed by atoms with Gasteiger partial charge in [-0.3, -0.25) is 19.7 Å². The molecule has 2 aromatic rings. The molecule has 9 heteroatoms. The van der Waals surface area contributed by atoms with Crippen LogP contribution in [-0.2, 0) is 5.75 Å². The molecule has 27 heavy (non-hydrogen) atoms. The topological polar surface area (TPSA) is 83.8 Å². The summed E-state index contributed by atoms with van der Waals surface area (Å²) in [6, 6.07) is 10.4. The highest BCUT2D eigenvalue weighted by Crippen LogP contribution is 2.25. The largest absolute Gasteiger partial charge is 0.335 e. The maximum absolute atomic E-state index is 12.6. The van der Waals surface area contributed by atoms with E-state index in [-0.39, 0.29) is 16.8 Å². The van der Waals surface area contributed by atoms with Gasteiger partial charge in [0.05, 0.1) is 9.80 Å². The number of carbonyl (C=O) groups excluding carboxylic acids is 2. The van der Waals surface area contributed by atoms with E-state index in [2.05, 4.69) is 0 Å². The highest BCUT2D eigenvalue weighted by atomic mass is 32.2. The number of thioether (sulfide) groups is 1. The molecule has 7 nitrogen and oxygen atoms in total. The third kappa shape index (κ3) is 4.48. The Morgan fingerprint density at radius 1 is 1.04 bits per heavy atom. The lowest BCUT2D eigenvalue weighted by Crippen LogP contribution is -2.50. The summed E-state index contributed by atoms with van der Waals surface area (Å²) in [5.41, 5.74) is 1.83. The van der Waals surface area contributed by atoms with Gasteiger partial charge in [-0.25, -0.2) is 0 Å². The summed E-state index contributed by atoms with van der Waals surface area (Å²) in [5, 5.41) is 10.7. The first-order chi connectivity index (χ1) is 13.0. The first kappa shape index (κ1) is 19.4. The summed E-state index contributed by atoms with van der Waals surface area (Å²) in [4.78, 5) is 39.1. The number of nitro groups is 1. The van der Waals surface area contributed by atoms with Crippen molar-refractivity contribution in [3.8, 4) is 0 Å². The van der Waals surface area contributed by atoms with E-state index in [1.807, 2.05) is 30.5 Å². The second-order valence-electron chi connectivity index (χ2n) is 6.11. The van der Waals surface area contributed by atoms with Gasteiger partial charge in [0.2, 0.25) is 0 Å². The van der Waals surface area contributed by atoms with Gasteiger partial charge < -0.3 is 9.80 Å². The van der Waals surface area contributed by atoms with Crippen LogP contribution >= 0.6 is 23.1 Å². The first-order valence-electron chi connectivity index (χ1n) is 8.40. The molecular formula is C18H19N3O4S2. The molecule has 1 aliphatic rings. The monoisotopic (exact) mass is 405 g/mol. The van der Waals surface area contributed by atoms with E-state index in [0.717, 1.165) is 17.1 Å². The van der Waals surface area contributed by atoms with Gasteiger partial charge in [0, 0.05) is 43.6 Å². The SMILES string of the molecule is CSCc1ccc(C(=O)N2CCN(C(=O)c3ccc([N+](=O)[O-])s3)CC2)cc1. The molecule has 0 aliphatic carbocycles.